The summed E-state index contributed by atoms with van der Waals surface area (Å²) in [4.78, 5) is 16.8. The third-order valence-corrected chi connectivity index (χ3v) is 7.42. The minimum absolute atomic E-state index is 0.200. The van der Waals surface area contributed by atoms with Crippen LogP contribution in [0.4, 0.5) is 5.82 Å². The molecule has 2 N–H and O–H groups in total. The number of thiophene rings is 1. The number of carbonyl (C=O) groups excluding carboxylic acids is 1. The van der Waals surface area contributed by atoms with E-state index in [9.17, 15) is 9.90 Å². The van der Waals surface area contributed by atoms with Gasteiger partial charge in [-0.25, -0.2) is 0 Å². The van der Waals surface area contributed by atoms with Crippen molar-refractivity contribution in [3.63, 3.8) is 0 Å². The topological polar surface area (TPSA) is 70.4 Å². The van der Waals surface area contributed by atoms with Gasteiger partial charge in [0.2, 0.25) is 0 Å². The fourth-order valence-electron chi connectivity index (χ4n) is 3.94. The maximum atomic E-state index is 13.1. The predicted octanol–water partition coefficient (Wildman–Crippen LogP) is 4.46. The van der Waals surface area contributed by atoms with Crippen molar-refractivity contribution in [1.29, 1.82) is 0 Å². The number of likely N-dealkylation sites (tertiary alicyclic amines) is 1. The molecule has 1 aliphatic carbocycles. The van der Waals surface area contributed by atoms with E-state index in [-0.39, 0.29) is 12.5 Å². The average molecular weight is 451 g/mol. The highest BCUT2D eigenvalue weighted by Crippen LogP contribution is 2.34. The van der Waals surface area contributed by atoms with Gasteiger partial charge in [-0.15, -0.1) is 11.3 Å². The normalized spacial score (nSPS) is 18.7. The summed E-state index contributed by atoms with van der Waals surface area (Å²) in [5.41, 5.74) is 0.0782. The number of rotatable bonds is 8. The summed E-state index contributed by atoms with van der Waals surface area (Å²) in [5, 5.41) is 17.8. The number of aliphatic hydroxyl groups excluding tert-OH is 1. The molecule has 30 heavy (non-hydrogen) atoms. The smallest absolute Gasteiger partial charge is 0.256 e. The van der Waals surface area contributed by atoms with Gasteiger partial charge in [0, 0.05) is 23.4 Å². The van der Waals surface area contributed by atoms with Gasteiger partial charge >= 0.3 is 0 Å². The summed E-state index contributed by atoms with van der Waals surface area (Å²) >= 11 is 7.56. The van der Waals surface area contributed by atoms with E-state index < -0.39 is 5.41 Å². The molecular weight excluding hydrogens is 420 g/mol. The van der Waals surface area contributed by atoms with Crippen LogP contribution in [-0.2, 0) is 6.54 Å². The lowest BCUT2D eigenvalue weighted by molar-refractivity contribution is 0.0615. The first kappa shape index (κ1) is 21.8. The van der Waals surface area contributed by atoms with Gasteiger partial charge in [-0.3, -0.25) is 4.79 Å². The Labute approximate surface area is 187 Å². The lowest BCUT2D eigenvalue weighted by Gasteiger charge is -2.31. The van der Waals surface area contributed by atoms with Gasteiger partial charge in [-0.2, -0.15) is 9.78 Å². The summed E-state index contributed by atoms with van der Waals surface area (Å²) in [6, 6.07) is 5.87. The summed E-state index contributed by atoms with van der Waals surface area (Å²) in [5.74, 6) is 1.76. The van der Waals surface area contributed by atoms with Crippen molar-refractivity contribution in [2.45, 2.75) is 52.0 Å². The molecular formula is C22H31ClN4O2S. The number of anilines is 1. The van der Waals surface area contributed by atoms with E-state index >= 15 is 0 Å². The third kappa shape index (κ3) is 5.07. The Hall–Kier alpha value is -1.41. The Balaban J connectivity index is 1.50. The number of nitrogens with one attached hydrogen (secondary N) is 1. The van der Waals surface area contributed by atoms with Gasteiger partial charge in [-0.05, 0) is 70.7 Å². The molecule has 4 rings (SSSR count). The third-order valence-electron chi connectivity index (χ3n) is 6.19. The fourth-order valence-corrected chi connectivity index (χ4v) is 4.96. The summed E-state index contributed by atoms with van der Waals surface area (Å²) in [7, 11) is 0. The molecule has 0 unspecified atom stereocenters. The second kappa shape index (κ2) is 8.99. The number of aliphatic hydroxyl groups is 1. The van der Waals surface area contributed by atoms with Crippen LogP contribution in [0.1, 0.15) is 60.8 Å². The van der Waals surface area contributed by atoms with Crippen molar-refractivity contribution in [1.82, 2.24) is 14.7 Å². The van der Waals surface area contributed by atoms with Crippen LogP contribution in [0, 0.1) is 11.3 Å². The van der Waals surface area contributed by atoms with Crippen molar-refractivity contribution < 1.29 is 9.90 Å². The molecule has 0 spiro atoms. The van der Waals surface area contributed by atoms with E-state index in [4.69, 9.17) is 16.7 Å². The van der Waals surface area contributed by atoms with Gasteiger partial charge < -0.3 is 15.3 Å². The van der Waals surface area contributed by atoms with Crippen LogP contribution < -0.4 is 5.32 Å². The van der Waals surface area contributed by atoms with Crippen molar-refractivity contribution in [2.24, 2.45) is 11.3 Å². The van der Waals surface area contributed by atoms with Gasteiger partial charge in [0.15, 0.2) is 0 Å². The van der Waals surface area contributed by atoms with Gasteiger partial charge in [0.1, 0.15) is 5.82 Å². The Bertz CT molecular complexity index is 882. The van der Waals surface area contributed by atoms with E-state index in [0.717, 1.165) is 46.8 Å². The quantitative estimate of drug-likeness (QED) is 0.621. The molecule has 1 saturated heterocycles. The molecule has 0 bridgehead atoms. The van der Waals surface area contributed by atoms with Crippen molar-refractivity contribution in [3.8, 4) is 0 Å². The van der Waals surface area contributed by atoms with Crippen LogP contribution in [0.15, 0.2) is 18.2 Å². The first-order chi connectivity index (χ1) is 14.4. The van der Waals surface area contributed by atoms with Crippen molar-refractivity contribution >= 4 is 34.7 Å². The molecule has 0 radical (unpaired) electrons. The Morgan fingerprint density at radius 2 is 2.03 bits per heavy atom. The minimum atomic E-state index is -0.889. The fraction of sp³-hybridized carbons (Fsp3) is 0.636. The number of nitrogens with zero attached hydrogens (tertiary/aromatic N) is 3. The van der Waals surface area contributed by atoms with Gasteiger partial charge in [0.05, 0.1) is 28.6 Å². The molecule has 2 fully saturated rings. The molecule has 1 aliphatic heterocycles. The summed E-state index contributed by atoms with van der Waals surface area (Å²) in [6.07, 6.45) is 4.91. The highest BCUT2D eigenvalue weighted by atomic mass is 35.5. The van der Waals surface area contributed by atoms with Crippen LogP contribution in [0.3, 0.4) is 0 Å². The van der Waals surface area contributed by atoms with E-state index in [0.29, 0.717) is 18.3 Å². The van der Waals surface area contributed by atoms with E-state index in [2.05, 4.69) is 10.2 Å². The molecule has 2 aliphatic rings. The van der Waals surface area contributed by atoms with E-state index in [1.54, 1.807) is 13.8 Å². The van der Waals surface area contributed by atoms with Gasteiger partial charge in [-0.1, -0.05) is 11.6 Å². The average Bonchev–Trinajstić information content (AvgIpc) is 3.29. The molecule has 8 heteroatoms. The maximum Gasteiger partial charge on any atom is 0.256 e. The van der Waals surface area contributed by atoms with E-state index in [1.807, 2.05) is 18.2 Å². The molecule has 0 amide bonds. The monoisotopic (exact) mass is 450 g/mol. The molecule has 0 atom stereocenters. The standard InChI is InChI=1S/C22H31ClN4O2S/c1-22(2,14-28)21(29)27-20(24-12-17-5-6-19(23)30-17)11-18(25-27)16-7-9-26(10-8-16)13-15-3-4-15/h5-6,11,15-16,24,28H,3-4,7-10,12-14H2,1-2H3. The zero-order valence-corrected chi connectivity index (χ0v) is 19.3. The zero-order chi connectivity index (χ0) is 21.3. The van der Waals surface area contributed by atoms with E-state index in [1.165, 1.54) is 35.4 Å². The molecule has 1 saturated carbocycles. The number of hydrogen-bond acceptors (Lipinski definition) is 6. The molecule has 2 aromatic heterocycles. The van der Waals surface area contributed by atoms with Gasteiger partial charge in [0.25, 0.3) is 5.91 Å². The number of aromatic nitrogens is 2. The molecule has 6 nitrogen and oxygen atoms in total. The Morgan fingerprint density at radius 3 is 2.63 bits per heavy atom. The lowest BCUT2D eigenvalue weighted by atomic mass is 9.93. The largest absolute Gasteiger partial charge is 0.395 e. The highest BCUT2D eigenvalue weighted by Gasteiger charge is 2.33. The lowest BCUT2D eigenvalue weighted by Crippen LogP contribution is -2.35. The molecule has 0 aromatic carbocycles. The zero-order valence-electron chi connectivity index (χ0n) is 17.7. The molecule has 164 valence electrons. The number of carbonyl (C=O) groups is 1. The predicted molar refractivity (Wildman–Crippen MR) is 122 cm³/mol. The second-order valence-electron chi connectivity index (χ2n) is 9.29. The Morgan fingerprint density at radius 1 is 1.30 bits per heavy atom. The first-order valence-electron chi connectivity index (χ1n) is 10.8. The minimum Gasteiger partial charge on any atom is -0.395 e. The van der Waals surface area contributed by atoms with Crippen molar-refractivity contribution in [3.05, 3.63) is 33.1 Å². The van der Waals surface area contributed by atoms with Crippen LogP contribution in [0.5, 0.6) is 0 Å². The highest BCUT2D eigenvalue weighted by molar-refractivity contribution is 7.16. The molecule has 3 heterocycles. The van der Waals surface area contributed by atoms with Crippen LogP contribution in [0.25, 0.3) is 0 Å². The van der Waals surface area contributed by atoms with Crippen LogP contribution in [-0.4, -0.2) is 51.9 Å². The molecule has 2 aromatic rings. The second-order valence-corrected chi connectivity index (χ2v) is 11.1. The number of halogens is 1. The number of piperidine rings is 1. The Kier molecular flexibility index (Phi) is 6.53. The summed E-state index contributed by atoms with van der Waals surface area (Å²) in [6.45, 7) is 7.28. The maximum absolute atomic E-state index is 13.1. The van der Waals surface area contributed by atoms with Crippen LogP contribution >= 0.6 is 22.9 Å². The first-order valence-corrected chi connectivity index (χ1v) is 12.0. The summed E-state index contributed by atoms with van der Waals surface area (Å²) < 4.78 is 2.20. The number of hydrogen-bond donors (Lipinski definition) is 2. The van der Waals surface area contributed by atoms with Crippen LogP contribution in [0.2, 0.25) is 4.34 Å². The van der Waals surface area contributed by atoms with Crippen molar-refractivity contribution in [2.75, 3.05) is 31.6 Å². The SMILES string of the molecule is CC(C)(CO)C(=O)n1nc(C2CCN(CC3CC3)CC2)cc1NCc1ccc(Cl)s1.